The van der Waals surface area contributed by atoms with Gasteiger partial charge in [-0.3, -0.25) is 9.59 Å². The Hall–Kier alpha value is -1.78. The normalized spacial score (nSPS) is 15.4. The van der Waals surface area contributed by atoms with E-state index >= 15 is 0 Å². The van der Waals surface area contributed by atoms with Gasteiger partial charge in [-0.1, -0.05) is 12.8 Å². The summed E-state index contributed by atoms with van der Waals surface area (Å²) in [5, 5.41) is 2.72. The number of carbonyl (C=O) groups is 2. The molecule has 1 N–H and O–H groups in total. The van der Waals surface area contributed by atoms with E-state index in [4.69, 9.17) is 4.42 Å². The summed E-state index contributed by atoms with van der Waals surface area (Å²) in [7, 11) is 1.70. The maximum absolute atomic E-state index is 11.9. The molecule has 1 aliphatic rings. The molecule has 1 aliphatic carbocycles. The van der Waals surface area contributed by atoms with Crippen LogP contribution in [0.4, 0.5) is 0 Å². The van der Waals surface area contributed by atoms with E-state index in [0.29, 0.717) is 6.54 Å². The number of hydrogen-bond donors (Lipinski definition) is 1. The fraction of sp³-hybridized carbons (Fsp3) is 0.571. The topological polar surface area (TPSA) is 62.6 Å². The first-order chi connectivity index (χ1) is 9.16. The van der Waals surface area contributed by atoms with Crippen molar-refractivity contribution in [1.82, 2.24) is 10.2 Å². The highest BCUT2D eigenvalue weighted by Gasteiger charge is 2.23. The quantitative estimate of drug-likeness (QED) is 0.877. The Bertz CT molecular complexity index is 422. The number of nitrogens with one attached hydrogen (secondary N) is 1. The predicted octanol–water partition coefficient (Wildman–Crippen LogP) is 1.54. The zero-order chi connectivity index (χ0) is 13.7. The molecule has 1 saturated carbocycles. The third kappa shape index (κ3) is 3.84. The van der Waals surface area contributed by atoms with Crippen LogP contribution >= 0.6 is 0 Å². The van der Waals surface area contributed by atoms with Crippen LogP contribution < -0.4 is 5.32 Å². The third-order valence-electron chi connectivity index (χ3n) is 3.54. The summed E-state index contributed by atoms with van der Waals surface area (Å²) in [5.41, 5.74) is 0. The highest BCUT2D eigenvalue weighted by Crippen LogP contribution is 2.24. The van der Waals surface area contributed by atoms with Crippen molar-refractivity contribution in [2.45, 2.75) is 32.2 Å². The van der Waals surface area contributed by atoms with Gasteiger partial charge in [-0.25, -0.2) is 0 Å². The molecule has 0 atom stereocenters. The number of carbonyl (C=O) groups excluding carboxylic acids is 2. The Labute approximate surface area is 113 Å². The summed E-state index contributed by atoms with van der Waals surface area (Å²) in [4.78, 5) is 25.2. The van der Waals surface area contributed by atoms with Gasteiger partial charge in [0, 0.05) is 13.0 Å². The number of hydrogen-bond acceptors (Lipinski definition) is 3. The zero-order valence-electron chi connectivity index (χ0n) is 11.2. The van der Waals surface area contributed by atoms with Gasteiger partial charge in [0.2, 0.25) is 11.8 Å². The first-order valence-electron chi connectivity index (χ1n) is 6.71. The highest BCUT2D eigenvalue weighted by molar-refractivity contribution is 5.85. The zero-order valence-corrected chi connectivity index (χ0v) is 11.2. The van der Waals surface area contributed by atoms with Crippen LogP contribution in [-0.4, -0.2) is 30.3 Å². The van der Waals surface area contributed by atoms with Gasteiger partial charge < -0.3 is 14.6 Å². The third-order valence-corrected chi connectivity index (χ3v) is 3.54. The van der Waals surface area contributed by atoms with Crippen LogP contribution in [-0.2, 0) is 16.1 Å². The van der Waals surface area contributed by atoms with Gasteiger partial charge in [0.25, 0.3) is 0 Å². The molecule has 2 amide bonds. The second-order valence-electron chi connectivity index (χ2n) is 5.03. The number of amides is 2. The molecule has 19 heavy (non-hydrogen) atoms. The fourth-order valence-electron chi connectivity index (χ4n) is 2.35. The van der Waals surface area contributed by atoms with Crippen molar-refractivity contribution in [1.29, 1.82) is 0 Å². The van der Waals surface area contributed by atoms with Crippen LogP contribution in [0.2, 0.25) is 0 Å². The largest absolute Gasteiger partial charge is 0.467 e. The van der Waals surface area contributed by atoms with Crippen LogP contribution in [0.1, 0.15) is 31.4 Å². The van der Waals surface area contributed by atoms with Gasteiger partial charge >= 0.3 is 0 Å². The molecule has 1 fully saturated rings. The molecule has 104 valence electrons. The van der Waals surface area contributed by atoms with Gasteiger partial charge in [0.15, 0.2) is 0 Å². The number of furan rings is 1. The van der Waals surface area contributed by atoms with Crippen LogP contribution in [0, 0.1) is 5.92 Å². The van der Waals surface area contributed by atoms with E-state index in [0.717, 1.165) is 31.4 Å². The van der Waals surface area contributed by atoms with Gasteiger partial charge in [-0.2, -0.15) is 0 Å². The Morgan fingerprint density at radius 3 is 2.79 bits per heavy atom. The highest BCUT2D eigenvalue weighted by atomic mass is 16.3. The molecular formula is C14H20N2O3. The van der Waals surface area contributed by atoms with Gasteiger partial charge in [-0.05, 0) is 25.0 Å². The molecule has 0 radical (unpaired) electrons. The molecule has 0 aliphatic heterocycles. The maximum Gasteiger partial charge on any atom is 0.242 e. The smallest absolute Gasteiger partial charge is 0.242 e. The van der Waals surface area contributed by atoms with E-state index in [2.05, 4.69) is 5.32 Å². The van der Waals surface area contributed by atoms with Gasteiger partial charge in [-0.15, -0.1) is 0 Å². The fourth-order valence-corrected chi connectivity index (χ4v) is 2.35. The van der Waals surface area contributed by atoms with Crippen LogP contribution in [0.25, 0.3) is 0 Å². The first-order valence-corrected chi connectivity index (χ1v) is 6.71. The Kier molecular flexibility index (Phi) is 4.60. The Morgan fingerprint density at radius 2 is 2.16 bits per heavy atom. The standard InChI is InChI=1S/C14H20N2O3/c1-16(10-12-7-4-8-19-12)13(17)9-15-14(18)11-5-2-3-6-11/h4,7-8,11H,2-3,5-6,9-10H2,1H3,(H,15,18). The predicted molar refractivity (Wildman–Crippen MR) is 70.1 cm³/mol. The number of nitrogens with zero attached hydrogens (tertiary/aromatic N) is 1. The molecule has 0 unspecified atom stereocenters. The average Bonchev–Trinajstić information content (AvgIpc) is 3.07. The van der Waals surface area contributed by atoms with Gasteiger partial charge in [0.1, 0.15) is 5.76 Å². The van der Waals surface area contributed by atoms with E-state index in [1.807, 2.05) is 6.07 Å². The summed E-state index contributed by atoms with van der Waals surface area (Å²) in [6.07, 6.45) is 5.70. The minimum Gasteiger partial charge on any atom is -0.467 e. The molecule has 0 aromatic carbocycles. The lowest BCUT2D eigenvalue weighted by Gasteiger charge is -2.17. The van der Waals surface area contributed by atoms with Gasteiger partial charge in [0.05, 0.1) is 19.4 Å². The molecule has 1 aromatic heterocycles. The molecular weight excluding hydrogens is 244 g/mol. The van der Waals surface area contributed by atoms with Crippen molar-refractivity contribution in [3.8, 4) is 0 Å². The molecule has 2 rings (SSSR count). The Balaban J connectivity index is 1.72. The van der Waals surface area contributed by atoms with Crippen molar-refractivity contribution in [3.63, 3.8) is 0 Å². The van der Waals surface area contributed by atoms with E-state index in [9.17, 15) is 9.59 Å². The lowest BCUT2D eigenvalue weighted by atomic mass is 10.1. The van der Waals surface area contributed by atoms with Crippen LogP contribution in [0.3, 0.4) is 0 Å². The first kappa shape index (κ1) is 13.6. The molecule has 1 aromatic rings. The second kappa shape index (κ2) is 6.41. The number of rotatable bonds is 5. The van der Waals surface area contributed by atoms with Crippen molar-refractivity contribution >= 4 is 11.8 Å². The van der Waals surface area contributed by atoms with E-state index in [-0.39, 0.29) is 24.3 Å². The average molecular weight is 264 g/mol. The van der Waals surface area contributed by atoms with Crippen LogP contribution in [0.5, 0.6) is 0 Å². The van der Waals surface area contributed by atoms with Crippen molar-refractivity contribution in [3.05, 3.63) is 24.2 Å². The summed E-state index contributed by atoms with van der Waals surface area (Å²) >= 11 is 0. The molecule has 0 saturated heterocycles. The second-order valence-corrected chi connectivity index (χ2v) is 5.03. The van der Waals surface area contributed by atoms with Crippen molar-refractivity contribution in [2.24, 2.45) is 5.92 Å². The minimum absolute atomic E-state index is 0.0113. The van der Waals surface area contributed by atoms with Crippen molar-refractivity contribution in [2.75, 3.05) is 13.6 Å². The lowest BCUT2D eigenvalue weighted by Crippen LogP contribution is -2.39. The van der Waals surface area contributed by atoms with E-state index in [1.165, 1.54) is 0 Å². The molecule has 5 heteroatoms. The number of likely N-dealkylation sites (N-methyl/N-ethyl adjacent to an activating group) is 1. The van der Waals surface area contributed by atoms with Crippen molar-refractivity contribution < 1.29 is 14.0 Å². The van der Waals surface area contributed by atoms with Crippen LogP contribution in [0.15, 0.2) is 22.8 Å². The summed E-state index contributed by atoms with van der Waals surface area (Å²) in [6, 6.07) is 3.61. The van der Waals surface area contributed by atoms with E-state index in [1.54, 1.807) is 24.3 Å². The lowest BCUT2D eigenvalue weighted by molar-refractivity contribution is -0.133. The molecule has 0 spiro atoms. The SMILES string of the molecule is CN(Cc1ccco1)C(=O)CNC(=O)C1CCCC1. The molecule has 5 nitrogen and oxygen atoms in total. The summed E-state index contributed by atoms with van der Waals surface area (Å²) < 4.78 is 5.18. The monoisotopic (exact) mass is 264 g/mol. The molecule has 0 bridgehead atoms. The Morgan fingerprint density at radius 1 is 1.42 bits per heavy atom. The minimum atomic E-state index is -0.109. The molecule has 1 heterocycles. The van der Waals surface area contributed by atoms with E-state index < -0.39 is 0 Å². The maximum atomic E-state index is 11.9. The summed E-state index contributed by atoms with van der Waals surface area (Å²) in [6.45, 7) is 0.484. The summed E-state index contributed by atoms with van der Waals surface area (Å²) in [5.74, 6) is 0.737.